The second-order valence-electron chi connectivity index (χ2n) is 4.82. The molecule has 1 aliphatic rings. The summed E-state index contributed by atoms with van der Waals surface area (Å²) in [5.41, 5.74) is 6.24. The van der Waals surface area contributed by atoms with E-state index in [4.69, 9.17) is 5.73 Å². The Labute approximate surface area is 110 Å². The van der Waals surface area contributed by atoms with Crippen molar-refractivity contribution >= 4 is 31.6 Å². The molecule has 1 fully saturated rings. The van der Waals surface area contributed by atoms with E-state index in [2.05, 4.69) is 27.6 Å². The molecule has 0 spiro atoms. The van der Waals surface area contributed by atoms with Gasteiger partial charge in [0.15, 0.2) is 0 Å². The molecule has 3 N–H and O–H groups in total. The molecule has 0 heterocycles. The molecule has 94 valence electrons. The monoisotopic (exact) mass is 318 g/mol. The SMILES string of the molecule is CC1(CNS(=O)(=O)c2ccc(Br)c(N)c2)CC1. The summed E-state index contributed by atoms with van der Waals surface area (Å²) in [4.78, 5) is 0.211. The highest BCUT2D eigenvalue weighted by Crippen LogP contribution is 2.44. The van der Waals surface area contributed by atoms with Gasteiger partial charge in [0, 0.05) is 16.7 Å². The van der Waals surface area contributed by atoms with E-state index in [-0.39, 0.29) is 10.3 Å². The third-order valence-corrected chi connectivity index (χ3v) is 5.19. The minimum Gasteiger partial charge on any atom is -0.398 e. The predicted octanol–water partition coefficient (Wildman–Crippen LogP) is 2.11. The van der Waals surface area contributed by atoms with Gasteiger partial charge in [-0.25, -0.2) is 13.1 Å². The van der Waals surface area contributed by atoms with Crippen LogP contribution in [-0.2, 0) is 10.0 Å². The van der Waals surface area contributed by atoms with Crippen LogP contribution >= 0.6 is 15.9 Å². The average molecular weight is 319 g/mol. The molecule has 6 heteroatoms. The van der Waals surface area contributed by atoms with E-state index >= 15 is 0 Å². The van der Waals surface area contributed by atoms with Crippen molar-refractivity contribution in [1.29, 1.82) is 0 Å². The van der Waals surface area contributed by atoms with Crippen LogP contribution in [0.2, 0.25) is 0 Å². The summed E-state index contributed by atoms with van der Waals surface area (Å²) in [6.07, 6.45) is 2.16. The van der Waals surface area contributed by atoms with Gasteiger partial charge in [-0.2, -0.15) is 0 Å². The lowest BCUT2D eigenvalue weighted by Gasteiger charge is -2.11. The van der Waals surface area contributed by atoms with E-state index in [1.807, 2.05) is 0 Å². The average Bonchev–Trinajstić information content (AvgIpc) is 2.99. The number of sulfonamides is 1. The quantitative estimate of drug-likeness (QED) is 0.835. The van der Waals surface area contributed by atoms with E-state index in [0.717, 1.165) is 12.8 Å². The Hall–Kier alpha value is -0.590. The van der Waals surface area contributed by atoms with Gasteiger partial charge in [-0.15, -0.1) is 0 Å². The Morgan fingerprint density at radius 2 is 2.12 bits per heavy atom. The first-order chi connectivity index (χ1) is 7.82. The molecule has 0 aromatic heterocycles. The van der Waals surface area contributed by atoms with Crippen LogP contribution in [0.25, 0.3) is 0 Å². The van der Waals surface area contributed by atoms with Crippen molar-refractivity contribution in [1.82, 2.24) is 4.72 Å². The number of hydrogen-bond donors (Lipinski definition) is 2. The zero-order valence-corrected chi connectivity index (χ0v) is 11.9. The maximum absolute atomic E-state index is 12.0. The van der Waals surface area contributed by atoms with Crippen molar-refractivity contribution < 1.29 is 8.42 Å². The van der Waals surface area contributed by atoms with E-state index in [9.17, 15) is 8.42 Å². The molecule has 0 atom stereocenters. The van der Waals surface area contributed by atoms with Gasteiger partial charge in [-0.3, -0.25) is 0 Å². The van der Waals surface area contributed by atoms with Crippen molar-refractivity contribution in [3.05, 3.63) is 22.7 Å². The zero-order valence-electron chi connectivity index (χ0n) is 9.53. The summed E-state index contributed by atoms with van der Waals surface area (Å²) < 4.78 is 27.3. The molecule has 0 unspecified atom stereocenters. The van der Waals surface area contributed by atoms with Crippen LogP contribution in [0.1, 0.15) is 19.8 Å². The highest BCUT2D eigenvalue weighted by molar-refractivity contribution is 9.10. The van der Waals surface area contributed by atoms with Gasteiger partial charge in [-0.05, 0) is 52.4 Å². The third kappa shape index (κ3) is 3.00. The van der Waals surface area contributed by atoms with Gasteiger partial charge in [0.2, 0.25) is 10.0 Å². The highest BCUT2D eigenvalue weighted by atomic mass is 79.9. The van der Waals surface area contributed by atoms with Crippen molar-refractivity contribution in [2.24, 2.45) is 5.41 Å². The number of nitrogens with two attached hydrogens (primary N) is 1. The minimum atomic E-state index is -3.44. The van der Waals surface area contributed by atoms with Gasteiger partial charge in [0.05, 0.1) is 4.90 Å². The minimum absolute atomic E-state index is 0.147. The number of hydrogen-bond acceptors (Lipinski definition) is 3. The Morgan fingerprint density at radius 1 is 1.47 bits per heavy atom. The Morgan fingerprint density at radius 3 is 2.65 bits per heavy atom. The van der Waals surface area contributed by atoms with Crippen LogP contribution < -0.4 is 10.5 Å². The van der Waals surface area contributed by atoms with Gasteiger partial charge in [-0.1, -0.05) is 6.92 Å². The van der Waals surface area contributed by atoms with Gasteiger partial charge < -0.3 is 5.73 Å². The number of anilines is 1. The first-order valence-electron chi connectivity index (χ1n) is 5.37. The standard InChI is InChI=1S/C11H15BrN2O2S/c1-11(4-5-11)7-14-17(15,16)8-2-3-9(12)10(13)6-8/h2-3,6,14H,4-5,7,13H2,1H3. The summed E-state index contributed by atoms with van der Waals surface area (Å²) in [5.74, 6) is 0. The van der Waals surface area contributed by atoms with Crippen molar-refractivity contribution in [2.45, 2.75) is 24.7 Å². The summed E-state index contributed by atoms with van der Waals surface area (Å²) >= 11 is 3.24. The van der Waals surface area contributed by atoms with Gasteiger partial charge in [0.1, 0.15) is 0 Å². The Kier molecular flexibility index (Phi) is 3.22. The molecule has 0 bridgehead atoms. The molecule has 1 aliphatic carbocycles. The second-order valence-corrected chi connectivity index (χ2v) is 7.44. The molecule has 0 saturated heterocycles. The molecule has 0 aliphatic heterocycles. The summed E-state index contributed by atoms with van der Waals surface area (Å²) in [7, 11) is -3.44. The lowest BCUT2D eigenvalue weighted by molar-refractivity contribution is 0.530. The van der Waals surface area contributed by atoms with Gasteiger partial charge in [0.25, 0.3) is 0 Å². The van der Waals surface area contributed by atoms with Crippen LogP contribution in [0.4, 0.5) is 5.69 Å². The van der Waals surface area contributed by atoms with Crippen molar-refractivity contribution in [3.8, 4) is 0 Å². The third-order valence-electron chi connectivity index (χ3n) is 3.07. The molecule has 0 amide bonds. The second kappa shape index (κ2) is 4.26. The first kappa shape index (κ1) is 12.9. The fourth-order valence-corrected chi connectivity index (χ4v) is 2.91. The fraction of sp³-hybridized carbons (Fsp3) is 0.455. The number of nitrogen functional groups attached to an aromatic ring is 1. The summed E-state index contributed by atoms with van der Waals surface area (Å²) in [6.45, 7) is 2.57. The molecule has 2 rings (SSSR count). The summed E-state index contributed by atoms with van der Waals surface area (Å²) in [6, 6.07) is 4.64. The Bertz CT molecular complexity index is 538. The largest absolute Gasteiger partial charge is 0.398 e. The number of nitrogens with one attached hydrogen (secondary N) is 1. The fourth-order valence-electron chi connectivity index (χ4n) is 1.43. The highest BCUT2D eigenvalue weighted by Gasteiger charge is 2.38. The zero-order chi connectivity index (χ0) is 12.7. The first-order valence-corrected chi connectivity index (χ1v) is 7.65. The van der Waals surface area contributed by atoms with E-state index in [0.29, 0.717) is 16.7 Å². The molecule has 1 aromatic carbocycles. The number of rotatable bonds is 4. The van der Waals surface area contributed by atoms with E-state index < -0.39 is 10.0 Å². The van der Waals surface area contributed by atoms with Crippen LogP contribution in [0.3, 0.4) is 0 Å². The van der Waals surface area contributed by atoms with Crippen LogP contribution in [0.15, 0.2) is 27.6 Å². The number of halogens is 1. The molecular formula is C11H15BrN2O2S. The smallest absolute Gasteiger partial charge is 0.240 e. The summed E-state index contributed by atoms with van der Waals surface area (Å²) in [5, 5.41) is 0. The lowest BCUT2D eigenvalue weighted by atomic mass is 10.2. The molecule has 17 heavy (non-hydrogen) atoms. The molecular weight excluding hydrogens is 304 g/mol. The maximum Gasteiger partial charge on any atom is 0.240 e. The van der Waals surface area contributed by atoms with Crippen LogP contribution in [0, 0.1) is 5.41 Å². The van der Waals surface area contributed by atoms with E-state index in [1.165, 1.54) is 12.1 Å². The van der Waals surface area contributed by atoms with Crippen molar-refractivity contribution in [3.63, 3.8) is 0 Å². The normalized spacial score (nSPS) is 18.0. The Balaban J connectivity index is 2.16. The lowest BCUT2D eigenvalue weighted by Crippen LogP contribution is -2.29. The topological polar surface area (TPSA) is 72.2 Å². The number of benzene rings is 1. The molecule has 4 nitrogen and oxygen atoms in total. The molecule has 0 radical (unpaired) electrons. The van der Waals surface area contributed by atoms with Crippen molar-refractivity contribution in [2.75, 3.05) is 12.3 Å². The molecule has 1 aromatic rings. The van der Waals surface area contributed by atoms with Gasteiger partial charge >= 0.3 is 0 Å². The maximum atomic E-state index is 12.0. The predicted molar refractivity (Wildman–Crippen MR) is 71.1 cm³/mol. The van der Waals surface area contributed by atoms with Crippen LogP contribution in [0.5, 0.6) is 0 Å². The van der Waals surface area contributed by atoms with E-state index in [1.54, 1.807) is 6.07 Å². The molecule has 1 saturated carbocycles. The van der Waals surface area contributed by atoms with Crippen LogP contribution in [-0.4, -0.2) is 15.0 Å².